The van der Waals surface area contributed by atoms with Gasteiger partial charge in [0.05, 0.1) is 23.8 Å². The fraction of sp³-hybridized carbons (Fsp3) is 0.0833. The number of aromatic nitrogens is 2. The summed E-state index contributed by atoms with van der Waals surface area (Å²) in [4.78, 5) is 4.11. The van der Waals surface area contributed by atoms with Crippen molar-refractivity contribution in [2.75, 3.05) is 5.73 Å². The molecule has 0 aliphatic carbocycles. The molecule has 0 bridgehead atoms. The van der Waals surface area contributed by atoms with E-state index in [1.54, 1.807) is 16.9 Å². The zero-order chi connectivity index (χ0) is 11.8. The van der Waals surface area contributed by atoms with E-state index in [9.17, 15) is 4.39 Å². The van der Waals surface area contributed by atoms with Gasteiger partial charge < -0.3 is 14.7 Å². The van der Waals surface area contributed by atoms with Crippen LogP contribution in [0.25, 0.3) is 11.0 Å². The number of hydrogen-bond acceptors (Lipinski definition) is 3. The number of rotatable bonds is 2. The highest BCUT2D eigenvalue weighted by Gasteiger charge is 2.10. The van der Waals surface area contributed by atoms with Crippen LogP contribution >= 0.6 is 0 Å². The van der Waals surface area contributed by atoms with E-state index in [-0.39, 0.29) is 5.82 Å². The normalized spacial score (nSPS) is 11.1. The third-order valence-electron chi connectivity index (χ3n) is 2.63. The van der Waals surface area contributed by atoms with Crippen LogP contribution in [-0.4, -0.2) is 9.55 Å². The van der Waals surface area contributed by atoms with Gasteiger partial charge in [0.2, 0.25) is 5.95 Å². The number of furan rings is 1. The molecule has 86 valence electrons. The highest BCUT2D eigenvalue weighted by Crippen LogP contribution is 2.20. The summed E-state index contributed by atoms with van der Waals surface area (Å²) in [6, 6.07) is 8.09. The number of halogens is 1. The van der Waals surface area contributed by atoms with Crippen LogP contribution in [0.15, 0.2) is 41.0 Å². The van der Waals surface area contributed by atoms with E-state index in [0.29, 0.717) is 18.0 Å². The second-order valence-corrected chi connectivity index (χ2v) is 3.77. The van der Waals surface area contributed by atoms with Crippen LogP contribution in [0.2, 0.25) is 0 Å². The minimum atomic E-state index is -0.319. The van der Waals surface area contributed by atoms with E-state index in [1.165, 1.54) is 12.1 Å². The third-order valence-corrected chi connectivity index (χ3v) is 2.63. The van der Waals surface area contributed by atoms with Gasteiger partial charge in [-0.1, -0.05) is 0 Å². The Bertz CT molecular complexity index is 658. The Morgan fingerprint density at radius 3 is 3.00 bits per heavy atom. The lowest BCUT2D eigenvalue weighted by atomic mass is 10.3. The van der Waals surface area contributed by atoms with Gasteiger partial charge in [-0.05, 0) is 24.3 Å². The average Bonchev–Trinajstić information content (AvgIpc) is 2.88. The molecule has 2 heterocycles. The van der Waals surface area contributed by atoms with Crippen LogP contribution in [0.5, 0.6) is 0 Å². The van der Waals surface area contributed by atoms with Gasteiger partial charge in [0.1, 0.15) is 11.6 Å². The van der Waals surface area contributed by atoms with Crippen molar-refractivity contribution in [3.05, 3.63) is 48.2 Å². The molecular formula is C12H10FN3O. The number of nitrogens with zero attached hydrogens (tertiary/aromatic N) is 2. The van der Waals surface area contributed by atoms with Crippen molar-refractivity contribution in [3.8, 4) is 0 Å². The van der Waals surface area contributed by atoms with Crippen molar-refractivity contribution >= 4 is 17.0 Å². The van der Waals surface area contributed by atoms with Gasteiger partial charge in [0, 0.05) is 6.07 Å². The van der Waals surface area contributed by atoms with E-state index in [1.807, 2.05) is 12.1 Å². The molecule has 2 aromatic heterocycles. The van der Waals surface area contributed by atoms with Crippen molar-refractivity contribution in [2.45, 2.75) is 6.54 Å². The summed E-state index contributed by atoms with van der Waals surface area (Å²) in [5.74, 6) is 0.808. The molecule has 0 atom stereocenters. The topological polar surface area (TPSA) is 57.0 Å². The fourth-order valence-electron chi connectivity index (χ4n) is 1.85. The first kappa shape index (κ1) is 9.89. The summed E-state index contributed by atoms with van der Waals surface area (Å²) in [6.45, 7) is 0.487. The van der Waals surface area contributed by atoms with Crippen LogP contribution in [0.1, 0.15) is 5.76 Å². The summed E-state index contributed by atoms with van der Waals surface area (Å²) in [7, 11) is 0. The molecule has 0 radical (unpaired) electrons. The number of nitrogens with two attached hydrogens (primary N) is 1. The van der Waals surface area contributed by atoms with E-state index >= 15 is 0 Å². The molecule has 2 N–H and O–H groups in total. The molecule has 0 amide bonds. The lowest BCUT2D eigenvalue weighted by Gasteiger charge is -2.03. The van der Waals surface area contributed by atoms with E-state index < -0.39 is 0 Å². The quantitative estimate of drug-likeness (QED) is 0.736. The molecule has 0 saturated heterocycles. The SMILES string of the molecule is Nc1nc2cc(F)ccc2n1Cc1ccco1. The third kappa shape index (κ3) is 1.65. The Morgan fingerprint density at radius 1 is 1.35 bits per heavy atom. The first-order valence-corrected chi connectivity index (χ1v) is 5.18. The Morgan fingerprint density at radius 2 is 2.24 bits per heavy atom. The zero-order valence-corrected chi connectivity index (χ0v) is 8.93. The predicted octanol–water partition coefficient (Wildman–Crippen LogP) is 2.40. The fourth-order valence-corrected chi connectivity index (χ4v) is 1.85. The second-order valence-electron chi connectivity index (χ2n) is 3.77. The summed E-state index contributed by atoms with van der Waals surface area (Å²) >= 11 is 0. The second kappa shape index (κ2) is 3.62. The molecule has 4 nitrogen and oxygen atoms in total. The van der Waals surface area contributed by atoms with E-state index in [4.69, 9.17) is 10.2 Å². The Balaban J connectivity index is 2.12. The maximum absolute atomic E-state index is 13.0. The van der Waals surface area contributed by atoms with Crippen LogP contribution in [-0.2, 0) is 6.54 Å². The molecule has 0 aliphatic rings. The lowest BCUT2D eigenvalue weighted by Crippen LogP contribution is -2.03. The Labute approximate surface area is 96.5 Å². The van der Waals surface area contributed by atoms with Gasteiger partial charge in [0.15, 0.2) is 0 Å². The largest absolute Gasteiger partial charge is 0.467 e. The van der Waals surface area contributed by atoms with Gasteiger partial charge >= 0.3 is 0 Å². The summed E-state index contributed by atoms with van der Waals surface area (Å²) in [6.07, 6.45) is 1.60. The average molecular weight is 231 g/mol. The number of imidazole rings is 1. The molecule has 0 saturated carbocycles. The highest BCUT2D eigenvalue weighted by atomic mass is 19.1. The number of nitrogen functional groups attached to an aromatic ring is 1. The van der Waals surface area contributed by atoms with Gasteiger partial charge in [-0.15, -0.1) is 0 Å². The standard InChI is InChI=1S/C12H10FN3O/c13-8-3-4-11-10(6-8)15-12(14)16(11)7-9-2-1-5-17-9/h1-6H,7H2,(H2,14,15). The van der Waals surface area contributed by atoms with Crippen molar-refractivity contribution in [1.29, 1.82) is 0 Å². The molecule has 0 fully saturated rings. The van der Waals surface area contributed by atoms with E-state index in [0.717, 1.165) is 11.3 Å². The van der Waals surface area contributed by atoms with Gasteiger partial charge in [-0.2, -0.15) is 0 Å². The van der Waals surface area contributed by atoms with E-state index in [2.05, 4.69) is 4.98 Å². The lowest BCUT2D eigenvalue weighted by molar-refractivity contribution is 0.497. The van der Waals surface area contributed by atoms with Gasteiger partial charge in [-0.25, -0.2) is 9.37 Å². The number of fused-ring (bicyclic) bond motifs is 1. The Kier molecular flexibility index (Phi) is 2.11. The molecule has 3 rings (SSSR count). The van der Waals surface area contributed by atoms with Crippen molar-refractivity contribution in [2.24, 2.45) is 0 Å². The summed E-state index contributed by atoms with van der Waals surface area (Å²) < 4.78 is 20.1. The molecular weight excluding hydrogens is 221 g/mol. The number of benzene rings is 1. The number of anilines is 1. The number of hydrogen-bond donors (Lipinski definition) is 1. The smallest absolute Gasteiger partial charge is 0.201 e. The maximum Gasteiger partial charge on any atom is 0.201 e. The van der Waals surface area contributed by atoms with Crippen molar-refractivity contribution < 1.29 is 8.81 Å². The first-order valence-electron chi connectivity index (χ1n) is 5.18. The molecule has 3 aromatic rings. The highest BCUT2D eigenvalue weighted by molar-refractivity contribution is 5.78. The van der Waals surface area contributed by atoms with Crippen LogP contribution < -0.4 is 5.73 Å². The van der Waals surface area contributed by atoms with Gasteiger partial charge in [0.25, 0.3) is 0 Å². The Hall–Kier alpha value is -2.30. The first-order chi connectivity index (χ1) is 8.24. The van der Waals surface area contributed by atoms with Crippen LogP contribution in [0, 0.1) is 5.82 Å². The molecule has 0 spiro atoms. The minimum Gasteiger partial charge on any atom is -0.467 e. The monoisotopic (exact) mass is 231 g/mol. The van der Waals surface area contributed by atoms with Crippen LogP contribution in [0.4, 0.5) is 10.3 Å². The maximum atomic E-state index is 13.0. The van der Waals surface area contributed by atoms with Crippen molar-refractivity contribution in [3.63, 3.8) is 0 Å². The summed E-state index contributed by atoms with van der Waals surface area (Å²) in [5.41, 5.74) is 7.15. The molecule has 0 unspecified atom stereocenters. The van der Waals surface area contributed by atoms with Gasteiger partial charge in [-0.3, -0.25) is 0 Å². The predicted molar refractivity (Wildman–Crippen MR) is 61.9 cm³/mol. The minimum absolute atomic E-state index is 0.319. The molecule has 5 heteroatoms. The molecule has 0 aliphatic heterocycles. The zero-order valence-electron chi connectivity index (χ0n) is 8.93. The molecule has 1 aromatic carbocycles. The van der Waals surface area contributed by atoms with Crippen molar-refractivity contribution in [1.82, 2.24) is 9.55 Å². The van der Waals surface area contributed by atoms with Crippen LogP contribution in [0.3, 0.4) is 0 Å². The molecule has 17 heavy (non-hydrogen) atoms. The summed E-state index contributed by atoms with van der Waals surface area (Å²) in [5, 5.41) is 0.